The largest absolute Gasteiger partial charge is 0.490 e. The highest BCUT2D eigenvalue weighted by Crippen LogP contribution is 2.27. The molecular formula is C25H34N2O6. The summed E-state index contributed by atoms with van der Waals surface area (Å²) in [6.07, 6.45) is 2.25. The van der Waals surface area contributed by atoms with Crippen LogP contribution in [0, 0.1) is 0 Å². The molecule has 0 aromatic heterocycles. The Morgan fingerprint density at radius 2 is 1.33 bits per heavy atom. The number of carbonyl (C=O) groups is 2. The molecule has 2 aromatic rings. The summed E-state index contributed by atoms with van der Waals surface area (Å²) in [6.45, 7) is 10.7. The van der Waals surface area contributed by atoms with Crippen LogP contribution in [0.15, 0.2) is 54.6 Å². The Morgan fingerprint density at radius 1 is 0.788 bits per heavy atom. The summed E-state index contributed by atoms with van der Waals surface area (Å²) in [4.78, 5) is 23.3. The van der Waals surface area contributed by atoms with E-state index < -0.39 is 11.9 Å². The molecule has 0 radical (unpaired) electrons. The highest BCUT2D eigenvalue weighted by Gasteiger charge is 2.14. The molecule has 2 aromatic carbocycles. The standard InChI is InChI=1S/C23H32N2O2.C2H2O4/c1-2-24-15-17-25(18-16-24)14-8-9-19-26-22-12-6-7-13-23(22)27-20-21-10-4-3-5-11-21;3-1(4)2(5)6/h3-7,10-13H,2,8-9,14-20H2,1H3;(H,3,4)(H,5,6). The van der Waals surface area contributed by atoms with E-state index in [1.165, 1.54) is 45.7 Å². The first-order valence-electron chi connectivity index (χ1n) is 11.3. The lowest BCUT2D eigenvalue weighted by atomic mass is 10.2. The molecule has 1 heterocycles. The van der Waals surface area contributed by atoms with Gasteiger partial charge in [0, 0.05) is 26.2 Å². The Hall–Kier alpha value is -3.10. The second kappa shape index (κ2) is 14.9. The lowest BCUT2D eigenvalue weighted by Gasteiger charge is -2.33. The summed E-state index contributed by atoms with van der Waals surface area (Å²) >= 11 is 0. The van der Waals surface area contributed by atoms with Gasteiger partial charge in [0.05, 0.1) is 6.61 Å². The van der Waals surface area contributed by atoms with Gasteiger partial charge in [0.25, 0.3) is 0 Å². The number of carboxylic acid groups (broad SMARTS) is 2. The number of rotatable bonds is 10. The van der Waals surface area contributed by atoms with E-state index in [0.29, 0.717) is 6.61 Å². The van der Waals surface area contributed by atoms with Crippen molar-refractivity contribution >= 4 is 11.9 Å². The van der Waals surface area contributed by atoms with Crippen LogP contribution in [-0.4, -0.2) is 77.8 Å². The minimum Gasteiger partial charge on any atom is -0.490 e. The maximum absolute atomic E-state index is 9.10. The fourth-order valence-electron chi connectivity index (χ4n) is 3.37. The van der Waals surface area contributed by atoms with Gasteiger partial charge < -0.3 is 29.5 Å². The molecule has 0 spiro atoms. The topological polar surface area (TPSA) is 99.5 Å². The molecule has 1 aliphatic rings. The predicted molar refractivity (Wildman–Crippen MR) is 126 cm³/mol. The van der Waals surface area contributed by atoms with Crippen LogP contribution in [0.25, 0.3) is 0 Å². The molecule has 0 bridgehead atoms. The van der Waals surface area contributed by atoms with Crippen molar-refractivity contribution in [1.82, 2.24) is 9.80 Å². The first-order valence-corrected chi connectivity index (χ1v) is 11.3. The average Bonchev–Trinajstić information content (AvgIpc) is 2.84. The van der Waals surface area contributed by atoms with E-state index in [4.69, 9.17) is 29.3 Å². The summed E-state index contributed by atoms with van der Waals surface area (Å²) in [6, 6.07) is 18.2. The molecule has 0 amide bonds. The number of unbranched alkanes of at least 4 members (excludes halogenated alkanes) is 1. The summed E-state index contributed by atoms with van der Waals surface area (Å²) in [5, 5.41) is 14.8. The smallest absolute Gasteiger partial charge is 0.414 e. The van der Waals surface area contributed by atoms with Crippen molar-refractivity contribution < 1.29 is 29.3 Å². The zero-order chi connectivity index (χ0) is 23.9. The van der Waals surface area contributed by atoms with Crippen LogP contribution in [-0.2, 0) is 16.2 Å². The van der Waals surface area contributed by atoms with Gasteiger partial charge in [-0.15, -0.1) is 0 Å². The van der Waals surface area contributed by atoms with E-state index in [9.17, 15) is 0 Å². The van der Waals surface area contributed by atoms with Crippen molar-refractivity contribution in [3.8, 4) is 11.5 Å². The van der Waals surface area contributed by atoms with Crippen LogP contribution in [0.2, 0.25) is 0 Å². The molecule has 1 aliphatic heterocycles. The van der Waals surface area contributed by atoms with Gasteiger partial charge in [0.15, 0.2) is 11.5 Å². The van der Waals surface area contributed by atoms with Gasteiger partial charge in [-0.3, -0.25) is 0 Å². The lowest BCUT2D eigenvalue weighted by molar-refractivity contribution is -0.159. The number of likely N-dealkylation sites (N-methyl/N-ethyl adjacent to an activating group) is 1. The molecule has 33 heavy (non-hydrogen) atoms. The third-order valence-electron chi connectivity index (χ3n) is 5.31. The minimum atomic E-state index is -1.82. The Labute approximate surface area is 195 Å². The molecule has 1 saturated heterocycles. The zero-order valence-electron chi connectivity index (χ0n) is 19.2. The monoisotopic (exact) mass is 458 g/mol. The van der Waals surface area contributed by atoms with E-state index in [2.05, 4.69) is 28.9 Å². The maximum atomic E-state index is 9.10. The van der Waals surface area contributed by atoms with Crippen LogP contribution in [0.1, 0.15) is 25.3 Å². The number of hydrogen-bond donors (Lipinski definition) is 2. The summed E-state index contributed by atoms with van der Waals surface area (Å²) in [5.74, 6) is -1.99. The normalized spacial score (nSPS) is 14.1. The fraction of sp³-hybridized carbons (Fsp3) is 0.440. The van der Waals surface area contributed by atoms with Gasteiger partial charge in [0.2, 0.25) is 0 Å². The number of aliphatic carboxylic acids is 2. The SMILES string of the molecule is CCN1CCN(CCCCOc2ccccc2OCc2ccccc2)CC1.O=C(O)C(=O)O. The average molecular weight is 459 g/mol. The van der Waals surface area contributed by atoms with E-state index in [-0.39, 0.29) is 0 Å². The molecule has 0 aliphatic carbocycles. The van der Waals surface area contributed by atoms with E-state index in [0.717, 1.165) is 30.1 Å². The van der Waals surface area contributed by atoms with Crippen LogP contribution >= 0.6 is 0 Å². The number of nitrogens with zero attached hydrogens (tertiary/aromatic N) is 2. The number of para-hydroxylation sites is 2. The number of hydrogen-bond acceptors (Lipinski definition) is 6. The molecule has 2 N–H and O–H groups in total. The molecule has 3 rings (SSSR count). The van der Waals surface area contributed by atoms with Gasteiger partial charge in [-0.2, -0.15) is 0 Å². The summed E-state index contributed by atoms with van der Waals surface area (Å²) < 4.78 is 12.0. The van der Waals surface area contributed by atoms with E-state index >= 15 is 0 Å². The molecular weight excluding hydrogens is 424 g/mol. The first kappa shape index (κ1) is 26.2. The number of ether oxygens (including phenoxy) is 2. The van der Waals surface area contributed by atoms with Gasteiger partial charge in [-0.05, 0) is 43.6 Å². The molecule has 0 saturated carbocycles. The Morgan fingerprint density at radius 3 is 1.91 bits per heavy atom. The van der Waals surface area contributed by atoms with Crippen molar-refractivity contribution in [1.29, 1.82) is 0 Å². The Bertz CT molecular complexity index is 826. The van der Waals surface area contributed by atoms with Crippen molar-refractivity contribution in [2.75, 3.05) is 45.9 Å². The van der Waals surface area contributed by atoms with Gasteiger partial charge in [0.1, 0.15) is 6.61 Å². The van der Waals surface area contributed by atoms with Crippen LogP contribution < -0.4 is 9.47 Å². The highest BCUT2D eigenvalue weighted by atomic mass is 16.5. The number of piperazine rings is 1. The third kappa shape index (κ3) is 10.4. The molecule has 180 valence electrons. The molecule has 1 fully saturated rings. The summed E-state index contributed by atoms with van der Waals surface area (Å²) in [7, 11) is 0. The van der Waals surface area contributed by atoms with Gasteiger partial charge >= 0.3 is 11.9 Å². The van der Waals surface area contributed by atoms with Crippen molar-refractivity contribution in [3.63, 3.8) is 0 Å². The third-order valence-corrected chi connectivity index (χ3v) is 5.31. The first-order chi connectivity index (χ1) is 16.0. The van der Waals surface area contributed by atoms with Crippen molar-refractivity contribution in [2.24, 2.45) is 0 Å². The maximum Gasteiger partial charge on any atom is 0.414 e. The van der Waals surface area contributed by atoms with Crippen LogP contribution in [0.5, 0.6) is 11.5 Å². The molecule has 0 atom stereocenters. The Balaban J connectivity index is 0.000000569. The van der Waals surface area contributed by atoms with Crippen LogP contribution in [0.4, 0.5) is 0 Å². The highest BCUT2D eigenvalue weighted by molar-refractivity contribution is 6.27. The number of carboxylic acids is 2. The lowest BCUT2D eigenvalue weighted by Crippen LogP contribution is -2.46. The molecule has 8 nitrogen and oxygen atoms in total. The second-order valence-electron chi connectivity index (χ2n) is 7.66. The minimum absolute atomic E-state index is 0.560. The quantitative estimate of drug-likeness (QED) is 0.414. The Kier molecular flexibility index (Phi) is 11.8. The van der Waals surface area contributed by atoms with Crippen LogP contribution in [0.3, 0.4) is 0 Å². The van der Waals surface area contributed by atoms with Gasteiger partial charge in [-0.1, -0.05) is 49.4 Å². The number of benzene rings is 2. The zero-order valence-corrected chi connectivity index (χ0v) is 19.2. The fourth-order valence-corrected chi connectivity index (χ4v) is 3.37. The molecule has 8 heteroatoms. The summed E-state index contributed by atoms with van der Waals surface area (Å²) in [5.41, 5.74) is 1.16. The van der Waals surface area contributed by atoms with E-state index in [1.807, 2.05) is 42.5 Å². The van der Waals surface area contributed by atoms with Gasteiger partial charge in [-0.25, -0.2) is 9.59 Å². The second-order valence-corrected chi connectivity index (χ2v) is 7.66. The van der Waals surface area contributed by atoms with Crippen molar-refractivity contribution in [2.45, 2.75) is 26.4 Å². The van der Waals surface area contributed by atoms with E-state index in [1.54, 1.807) is 0 Å². The molecule has 0 unspecified atom stereocenters. The predicted octanol–water partition coefficient (Wildman–Crippen LogP) is 3.22. The van der Waals surface area contributed by atoms with Crippen molar-refractivity contribution in [3.05, 3.63) is 60.2 Å².